The fourth-order valence-corrected chi connectivity index (χ4v) is 4.66. The topological polar surface area (TPSA) is 86.7 Å². The van der Waals surface area contributed by atoms with Gasteiger partial charge in [-0.25, -0.2) is 0 Å². The molecule has 0 aromatic rings. The Morgan fingerprint density at radius 2 is 1.81 bits per heavy atom. The van der Waals surface area contributed by atoms with Crippen LogP contribution in [-0.4, -0.2) is 52.8 Å². The summed E-state index contributed by atoms with van der Waals surface area (Å²) in [6.45, 7) is 6.76. The molecule has 0 aromatic heterocycles. The summed E-state index contributed by atoms with van der Waals surface area (Å²) >= 11 is 0. The van der Waals surface area contributed by atoms with Gasteiger partial charge in [0.15, 0.2) is 0 Å². The zero-order chi connectivity index (χ0) is 19.1. The Bertz CT molecular complexity index is 577. The van der Waals surface area contributed by atoms with Crippen LogP contribution in [0.15, 0.2) is 0 Å². The van der Waals surface area contributed by atoms with Gasteiger partial charge in [0.2, 0.25) is 11.8 Å². The second kappa shape index (κ2) is 6.95. The van der Waals surface area contributed by atoms with Gasteiger partial charge in [-0.2, -0.15) is 0 Å². The Hall–Kier alpha value is -1.43. The summed E-state index contributed by atoms with van der Waals surface area (Å²) in [5.41, 5.74) is -0.227. The minimum atomic E-state index is -0.582. The van der Waals surface area contributed by atoms with Crippen LogP contribution < -0.4 is 5.32 Å². The molecule has 1 heterocycles. The van der Waals surface area contributed by atoms with Crippen molar-refractivity contribution < 1.29 is 19.5 Å². The third-order valence-corrected chi connectivity index (χ3v) is 6.44. The Morgan fingerprint density at radius 1 is 1.19 bits per heavy atom. The molecule has 3 fully saturated rings. The maximum Gasteiger partial charge on any atom is 0.245 e. The number of ketones is 1. The summed E-state index contributed by atoms with van der Waals surface area (Å²) in [5, 5.41) is 12.7. The SMILES string of the molecule is CC(C)(C)[C@H](NC(=O)C1CCC2(CC1)CC(=O)C2)C(=O)N1CC[C@@H](O)C1. The summed E-state index contributed by atoms with van der Waals surface area (Å²) in [4.78, 5) is 38.7. The molecule has 2 saturated carbocycles. The molecule has 0 aromatic carbocycles. The number of likely N-dealkylation sites (tertiary alicyclic amines) is 1. The Balaban J connectivity index is 1.59. The third kappa shape index (κ3) is 3.95. The third-order valence-electron chi connectivity index (χ3n) is 6.44. The van der Waals surface area contributed by atoms with Crippen LogP contribution in [0.5, 0.6) is 0 Å². The fraction of sp³-hybridized carbons (Fsp3) is 0.850. The van der Waals surface area contributed by atoms with Crippen LogP contribution in [0.1, 0.15) is 65.7 Å². The lowest BCUT2D eigenvalue weighted by Crippen LogP contribution is -2.56. The standard InChI is InChI=1S/C20H32N2O4/c1-19(2,3)16(18(26)22-9-6-14(23)12-22)21-17(25)13-4-7-20(8-5-13)10-15(24)11-20/h13-14,16,23H,4-12H2,1-3H3,(H,21,25)/t14-,16-/m1/s1. The van der Waals surface area contributed by atoms with E-state index in [-0.39, 0.29) is 23.1 Å². The zero-order valence-electron chi connectivity index (χ0n) is 16.2. The highest BCUT2D eigenvalue weighted by atomic mass is 16.3. The van der Waals surface area contributed by atoms with Crippen molar-refractivity contribution in [2.45, 2.75) is 77.9 Å². The van der Waals surface area contributed by atoms with Crippen LogP contribution in [0.4, 0.5) is 0 Å². The normalized spacial score (nSPS) is 27.3. The lowest BCUT2D eigenvalue weighted by atomic mass is 9.58. The van der Waals surface area contributed by atoms with E-state index in [1.807, 2.05) is 20.8 Å². The van der Waals surface area contributed by atoms with Gasteiger partial charge in [-0.05, 0) is 42.9 Å². The van der Waals surface area contributed by atoms with E-state index in [4.69, 9.17) is 0 Å². The van der Waals surface area contributed by atoms with Crippen molar-refractivity contribution in [2.75, 3.05) is 13.1 Å². The molecule has 2 aliphatic carbocycles. The number of amides is 2. The predicted octanol–water partition coefficient (Wildman–Crippen LogP) is 1.65. The maximum absolute atomic E-state index is 12.9. The number of β-amino-alcohol motifs (C(OH)–C–C–N with tert-alkyl or cyclic N) is 1. The van der Waals surface area contributed by atoms with Crippen LogP contribution in [-0.2, 0) is 14.4 Å². The first-order chi connectivity index (χ1) is 12.1. The van der Waals surface area contributed by atoms with E-state index in [9.17, 15) is 19.5 Å². The molecule has 1 saturated heterocycles. The van der Waals surface area contributed by atoms with Gasteiger partial charge in [0, 0.05) is 31.8 Å². The number of Topliss-reactive ketones (excluding diaryl/α,β-unsaturated/α-hetero) is 1. The molecule has 0 unspecified atom stereocenters. The number of aliphatic hydroxyl groups excluding tert-OH is 1. The van der Waals surface area contributed by atoms with E-state index in [0.717, 1.165) is 25.7 Å². The van der Waals surface area contributed by atoms with Gasteiger partial charge in [-0.3, -0.25) is 14.4 Å². The van der Waals surface area contributed by atoms with Crippen molar-refractivity contribution >= 4 is 17.6 Å². The van der Waals surface area contributed by atoms with Crippen LogP contribution in [0.3, 0.4) is 0 Å². The number of hydrogen-bond donors (Lipinski definition) is 2. The highest BCUT2D eigenvalue weighted by Gasteiger charge is 2.47. The minimum Gasteiger partial charge on any atom is -0.391 e. The number of rotatable bonds is 3. The number of nitrogens with zero attached hydrogens (tertiary/aromatic N) is 1. The molecule has 2 N–H and O–H groups in total. The summed E-state index contributed by atoms with van der Waals surface area (Å²) in [5.74, 6) is 0.134. The zero-order valence-corrected chi connectivity index (χ0v) is 16.2. The molecule has 6 heteroatoms. The average molecular weight is 364 g/mol. The molecule has 1 spiro atoms. The van der Waals surface area contributed by atoms with Gasteiger partial charge in [-0.1, -0.05) is 20.8 Å². The lowest BCUT2D eigenvalue weighted by Gasteiger charge is -2.45. The van der Waals surface area contributed by atoms with E-state index in [0.29, 0.717) is 38.1 Å². The molecule has 0 bridgehead atoms. The number of nitrogens with one attached hydrogen (secondary N) is 1. The van der Waals surface area contributed by atoms with E-state index in [1.165, 1.54) is 0 Å². The van der Waals surface area contributed by atoms with Crippen molar-refractivity contribution in [1.82, 2.24) is 10.2 Å². The van der Waals surface area contributed by atoms with Gasteiger partial charge < -0.3 is 15.3 Å². The number of carbonyl (C=O) groups excluding carboxylic acids is 3. The molecule has 3 aliphatic rings. The highest BCUT2D eigenvalue weighted by molar-refractivity contribution is 5.89. The number of carbonyl (C=O) groups is 3. The molecule has 2 amide bonds. The van der Waals surface area contributed by atoms with E-state index in [1.54, 1.807) is 4.90 Å². The van der Waals surface area contributed by atoms with Crippen LogP contribution >= 0.6 is 0 Å². The van der Waals surface area contributed by atoms with Crippen LogP contribution in [0, 0.1) is 16.7 Å². The van der Waals surface area contributed by atoms with Gasteiger partial charge in [0.05, 0.1) is 6.10 Å². The quantitative estimate of drug-likeness (QED) is 0.797. The fourth-order valence-electron chi connectivity index (χ4n) is 4.66. The van der Waals surface area contributed by atoms with Crippen LogP contribution in [0.2, 0.25) is 0 Å². The molecular formula is C20H32N2O4. The monoisotopic (exact) mass is 364 g/mol. The van der Waals surface area contributed by atoms with Crippen molar-refractivity contribution in [3.63, 3.8) is 0 Å². The first kappa shape index (κ1) is 19.3. The summed E-state index contributed by atoms with van der Waals surface area (Å²) < 4.78 is 0. The second-order valence-electron chi connectivity index (χ2n) is 9.70. The largest absolute Gasteiger partial charge is 0.391 e. The highest BCUT2D eigenvalue weighted by Crippen LogP contribution is 2.50. The first-order valence-corrected chi connectivity index (χ1v) is 9.89. The molecular weight excluding hydrogens is 332 g/mol. The summed E-state index contributed by atoms with van der Waals surface area (Å²) in [6.07, 6.45) is 4.96. The van der Waals surface area contributed by atoms with Crippen molar-refractivity contribution in [2.24, 2.45) is 16.7 Å². The molecule has 146 valence electrons. The Morgan fingerprint density at radius 3 is 2.27 bits per heavy atom. The molecule has 1 aliphatic heterocycles. The molecule has 6 nitrogen and oxygen atoms in total. The van der Waals surface area contributed by atoms with E-state index >= 15 is 0 Å². The molecule has 2 atom stereocenters. The van der Waals surface area contributed by atoms with E-state index < -0.39 is 17.6 Å². The maximum atomic E-state index is 12.9. The van der Waals surface area contributed by atoms with Gasteiger partial charge in [0.25, 0.3) is 0 Å². The smallest absolute Gasteiger partial charge is 0.245 e. The van der Waals surface area contributed by atoms with Gasteiger partial charge in [-0.15, -0.1) is 0 Å². The van der Waals surface area contributed by atoms with Crippen molar-refractivity contribution in [3.05, 3.63) is 0 Å². The molecule has 26 heavy (non-hydrogen) atoms. The van der Waals surface area contributed by atoms with Crippen molar-refractivity contribution in [1.29, 1.82) is 0 Å². The number of aliphatic hydroxyl groups is 1. The molecule has 0 radical (unpaired) electrons. The second-order valence-corrected chi connectivity index (χ2v) is 9.70. The molecule has 3 rings (SSSR count). The Labute approximate surface area is 155 Å². The summed E-state index contributed by atoms with van der Waals surface area (Å²) in [7, 11) is 0. The minimum absolute atomic E-state index is 0.0430. The average Bonchev–Trinajstić information content (AvgIpc) is 2.96. The lowest BCUT2D eigenvalue weighted by molar-refractivity contribution is -0.142. The van der Waals surface area contributed by atoms with Gasteiger partial charge in [0.1, 0.15) is 11.8 Å². The van der Waals surface area contributed by atoms with Crippen LogP contribution in [0.25, 0.3) is 0 Å². The number of hydrogen-bond acceptors (Lipinski definition) is 4. The van der Waals surface area contributed by atoms with Gasteiger partial charge >= 0.3 is 0 Å². The first-order valence-electron chi connectivity index (χ1n) is 9.89. The Kier molecular flexibility index (Phi) is 5.17. The summed E-state index contributed by atoms with van der Waals surface area (Å²) in [6, 6.07) is -0.582. The predicted molar refractivity (Wildman–Crippen MR) is 97.2 cm³/mol. The van der Waals surface area contributed by atoms with E-state index in [2.05, 4.69) is 5.32 Å². The van der Waals surface area contributed by atoms with Crippen molar-refractivity contribution in [3.8, 4) is 0 Å².